The molecule has 4 unspecified atom stereocenters. The standard InChI is InChI=1S/C42H31N/c1-2-8-26-20-31(16-13-25(26)7-1)43-40-12-6-4-10-33(40)35-22-28(15-18-41(35)43)27-14-17-37-34(21-27)32-9-3-5-11-36(32)42(37)38-23-29-19-30(38)24-39(29)42/h1-18,20-22,29-30,38-39H,19,23-24H2. The molecule has 6 aromatic carbocycles. The maximum atomic E-state index is 2.53. The lowest BCUT2D eigenvalue weighted by Gasteiger charge is -2.36. The number of para-hydroxylation sites is 1. The number of fused-ring (bicyclic) bond motifs is 7. The van der Waals surface area contributed by atoms with E-state index >= 15 is 0 Å². The quantitative estimate of drug-likeness (QED) is 0.202. The van der Waals surface area contributed by atoms with E-state index in [2.05, 4.69) is 132 Å². The van der Waals surface area contributed by atoms with E-state index in [1.807, 2.05) is 0 Å². The lowest BCUT2D eigenvalue weighted by atomic mass is 9.66. The van der Waals surface area contributed by atoms with Gasteiger partial charge in [0.1, 0.15) is 0 Å². The zero-order valence-corrected chi connectivity index (χ0v) is 24.0. The second-order valence-electron chi connectivity index (χ2n) is 13.7. The van der Waals surface area contributed by atoms with Gasteiger partial charge in [-0.05, 0) is 123 Å². The van der Waals surface area contributed by atoms with E-state index in [0.717, 1.165) is 23.7 Å². The topological polar surface area (TPSA) is 4.93 Å². The fraction of sp³-hybridized carbons (Fsp3) is 0.190. The summed E-state index contributed by atoms with van der Waals surface area (Å²) >= 11 is 0. The molecule has 1 spiro atoms. The summed E-state index contributed by atoms with van der Waals surface area (Å²) in [6, 6.07) is 48.3. The zero-order chi connectivity index (χ0) is 27.9. The molecule has 4 saturated carbocycles. The Morgan fingerprint density at radius 3 is 2.07 bits per heavy atom. The van der Waals surface area contributed by atoms with Crippen LogP contribution in [0.4, 0.5) is 0 Å². The molecule has 4 fully saturated rings. The maximum absolute atomic E-state index is 2.53. The van der Waals surface area contributed by atoms with Crippen LogP contribution in [-0.4, -0.2) is 4.57 Å². The number of nitrogens with zero attached hydrogens (tertiary/aromatic N) is 1. The van der Waals surface area contributed by atoms with E-state index in [1.54, 1.807) is 11.1 Å². The first kappa shape index (κ1) is 22.9. The molecule has 12 rings (SSSR count). The summed E-state index contributed by atoms with van der Waals surface area (Å²) in [6.45, 7) is 0. The van der Waals surface area contributed by atoms with Gasteiger partial charge in [0.2, 0.25) is 0 Å². The molecule has 1 nitrogen and oxygen atoms in total. The Balaban J connectivity index is 1.10. The summed E-state index contributed by atoms with van der Waals surface area (Å²) in [5.41, 5.74) is 12.9. The summed E-state index contributed by atoms with van der Waals surface area (Å²) in [5.74, 6) is 3.56. The monoisotopic (exact) mass is 549 g/mol. The highest BCUT2D eigenvalue weighted by Gasteiger charge is 2.70. The average Bonchev–Trinajstić information content (AvgIpc) is 3.90. The van der Waals surface area contributed by atoms with Gasteiger partial charge in [-0.25, -0.2) is 0 Å². The smallest absolute Gasteiger partial charge is 0.0541 e. The highest BCUT2D eigenvalue weighted by Crippen LogP contribution is 2.76. The van der Waals surface area contributed by atoms with Gasteiger partial charge in [0.05, 0.1) is 11.0 Å². The van der Waals surface area contributed by atoms with Gasteiger partial charge in [0, 0.05) is 21.9 Å². The predicted molar refractivity (Wildman–Crippen MR) is 178 cm³/mol. The number of benzene rings is 6. The van der Waals surface area contributed by atoms with Crippen molar-refractivity contribution in [3.63, 3.8) is 0 Å². The SMILES string of the molecule is c1ccc2c(c1)-c1cc(-c3ccc4c(c3)c3ccccc3n4-c3ccc4ccccc4c3)ccc1C21C2CC3CC2CC31. The molecule has 0 N–H and O–H groups in total. The Hall–Kier alpha value is -4.62. The van der Waals surface area contributed by atoms with Crippen molar-refractivity contribution in [2.24, 2.45) is 23.7 Å². The van der Waals surface area contributed by atoms with Crippen LogP contribution < -0.4 is 0 Å². The predicted octanol–water partition coefficient (Wildman–Crippen LogP) is 10.5. The van der Waals surface area contributed by atoms with Crippen LogP contribution in [0.25, 0.3) is 60.5 Å². The number of aromatic nitrogens is 1. The molecule has 4 atom stereocenters. The van der Waals surface area contributed by atoms with Crippen molar-refractivity contribution in [1.29, 1.82) is 0 Å². The zero-order valence-electron chi connectivity index (χ0n) is 24.0. The third kappa shape index (κ3) is 2.71. The first-order valence-corrected chi connectivity index (χ1v) is 16.1. The van der Waals surface area contributed by atoms with Gasteiger partial charge >= 0.3 is 0 Å². The van der Waals surface area contributed by atoms with Gasteiger partial charge in [-0.3, -0.25) is 0 Å². The lowest BCUT2D eigenvalue weighted by molar-refractivity contribution is 0.307. The van der Waals surface area contributed by atoms with E-state index in [1.165, 1.54) is 79.8 Å². The van der Waals surface area contributed by atoms with Crippen molar-refractivity contribution in [1.82, 2.24) is 4.57 Å². The molecule has 1 heterocycles. The molecular formula is C42H31N. The van der Waals surface area contributed by atoms with Crippen molar-refractivity contribution in [3.8, 4) is 27.9 Å². The van der Waals surface area contributed by atoms with Crippen LogP contribution in [0.5, 0.6) is 0 Å². The minimum absolute atomic E-state index is 0.273. The highest BCUT2D eigenvalue weighted by molar-refractivity contribution is 6.10. The minimum atomic E-state index is 0.273. The van der Waals surface area contributed by atoms with Crippen LogP contribution in [-0.2, 0) is 5.41 Å². The van der Waals surface area contributed by atoms with E-state index in [-0.39, 0.29) is 5.41 Å². The van der Waals surface area contributed by atoms with Crippen LogP contribution in [0.2, 0.25) is 0 Å². The van der Waals surface area contributed by atoms with Crippen molar-refractivity contribution < 1.29 is 0 Å². The van der Waals surface area contributed by atoms with Crippen LogP contribution >= 0.6 is 0 Å². The molecule has 1 heteroatoms. The van der Waals surface area contributed by atoms with Gasteiger partial charge in [-0.2, -0.15) is 0 Å². The van der Waals surface area contributed by atoms with Crippen LogP contribution in [0.3, 0.4) is 0 Å². The second-order valence-corrected chi connectivity index (χ2v) is 13.7. The molecule has 0 amide bonds. The fourth-order valence-corrected chi connectivity index (χ4v) is 10.7. The first-order valence-electron chi connectivity index (χ1n) is 16.1. The van der Waals surface area contributed by atoms with E-state index in [4.69, 9.17) is 0 Å². The van der Waals surface area contributed by atoms with Gasteiger partial charge in [-0.1, -0.05) is 91.0 Å². The second kappa shape index (κ2) is 7.85. The molecular weight excluding hydrogens is 518 g/mol. The molecule has 43 heavy (non-hydrogen) atoms. The maximum Gasteiger partial charge on any atom is 0.0541 e. The van der Waals surface area contributed by atoms with Crippen molar-refractivity contribution in [2.75, 3.05) is 0 Å². The number of rotatable bonds is 2. The molecule has 5 aliphatic carbocycles. The summed E-state index contributed by atoms with van der Waals surface area (Å²) in [5, 5.41) is 5.16. The largest absolute Gasteiger partial charge is 0.309 e. The summed E-state index contributed by atoms with van der Waals surface area (Å²) in [4.78, 5) is 0. The van der Waals surface area contributed by atoms with Crippen molar-refractivity contribution in [3.05, 3.63) is 139 Å². The molecule has 1 aromatic heterocycles. The lowest BCUT2D eigenvalue weighted by Crippen LogP contribution is -2.34. The van der Waals surface area contributed by atoms with Crippen molar-refractivity contribution >= 4 is 32.6 Å². The summed E-state index contributed by atoms with van der Waals surface area (Å²) in [7, 11) is 0. The van der Waals surface area contributed by atoms with Gasteiger partial charge < -0.3 is 4.57 Å². The normalized spacial score (nSPS) is 26.0. The minimum Gasteiger partial charge on any atom is -0.309 e. The van der Waals surface area contributed by atoms with Gasteiger partial charge in [0.25, 0.3) is 0 Å². The Kier molecular flexibility index (Phi) is 4.18. The molecule has 0 saturated heterocycles. The van der Waals surface area contributed by atoms with Crippen LogP contribution in [0.15, 0.2) is 127 Å². The van der Waals surface area contributed by atoms with Crippen LogP contribution in [0.1, 0.15) is 30.4 Å². The molecule has 5 aliphatic rings. The molecule has 4 bridgehead atoms. The fourth-order valence-electron chi connectivity index (χ4n) is 10.7. The molecule has 7 aromatic rings. The number of hydrogen-bond acceptors (Lipinski definition) is 0. The Bertz CT molecular complexity index is 2300. The summed E-state index contributed by atoms with van der Waals surface area (Å²) in [6.07, 6.45) is 4.38. The van der Waals surface area contributed by atoms with Crippen LogP contribution in [0, 0.1) is 23.7 Å². The van der Waals surface area contributed by atoms with Gasteiger partial charge in [-0.15, -0.1) is 0 Å². The Morgan fingerprint density at radius 1 is 0.488 bits per heavy atom. The molecule has 0 radical (unpaired) electrons. The molecule has 204 valence electrons. The number of hydrogen-bond donors (Lipinski definition) is 0. The third-order valence-electron chi connectivity index (χ3n) is 12.2. The summed E-state index contributed by atoms with van der Waals surface area (Å²) < 4.78 is 2.44. The first-order chi connectivity index (χ1) is 21.3. The van der Waals surface area contributed by atoms with E-state index < -0.39 is 0 Å². The molecule has 0 aliphatic heterocycles. The van der Waals surface area contributed by atoms with Crippen molar-refractivity contribution in [2.45, 2.75) is 24.7 Å². The third-order valence-corrected chi connectivity index (χ3v) is 12.2. The van der Waals surface area contributed by atoms with E-state index in [9.17, 15) is 0 Å². The highest BCUT2D eigenvalue weighted by atomic mass is 15.0. The Labute approximate surface area is 251 Å². The van der Waals surface area contributed by atoms with E-state index in [0.29, 0.717) is 0 Å². The van der Waals surface area contributed by atoms with Gasteiger partial charge in [0.15, 0.2) is 0 Å². The average molecular weight is 550 g/mol. The Morgan fingerprint density at radius 2 is 1.19 bits per heavy atom.